The first-order chi connectivity index (χ1) is 8.20. The summed E-state index contributed by atoms with van der Waals surface area (Å²) in [6.07, 6.45) is 8.91. The summed E-state index contributed by atoms with van der Waals surface area (Å²) in [6.45, 7) is 8.99. The molecule has 1 saturated carbocycles. The molecule has 0 aromatic rings. The van der Waals surface area contributed by atoms with Gasteiger partial charge in [0, 0.05) is 13.1 Å². The molecule has 1 N–H and O–H groups in total. The van der Waals surface area contributed by atoms with Crippen LogP contribution >= 0.6 is 0 Å². The Morgan fingerprint density at radius 2 is 1.88 bits per heavy atom. The predicted molar refractivity (Wildman–Crippen MR) is 72.2 cm³/mol. The third-order valence-electron chi connectivity index (χ3n) is 5.22. The van der Waals surface area contributed by atoms with E-state index in [0.717, 1.165) is 31.8 Å². The summed E-state index contributed by atoms with van der Waals surface area (Å²) in [5.41, 5.74) is 0.250. The Balaban J connectivity index is 2.17. The van der Waals surface area contributed by atoms with Crippen molar-refractivity contribution in [3.8, 4) is 0 Å². The molecule has 2 unspecified atom stereocenters. The second-order valence-corrected chi connectivity index (χ2v) is 6.01. The monoisotopic (exact) mass is 239 g/mol. The number of ether oxygens (including phenoxy) is 1. The maximum absolute atomic E-state index is 6.74. The van der Waals surface area contributed by atoms with Crippen LogP contribution in [-0.4, -0.2) is 24.3 Å². The fraction of sp³-hybridized carbons (Fsp3) is 1.00. The summed E-state index contributed by atoms with van der Waals surface area (Å²) in [5.74, 6) is 0.765. The third-order valence-corrected chi connectivity index (χ3v) is 5.22. The summed E-state index contributed by atoms with van der Waals surface area (Å²) in [7, 11) is 0. The molecule has 0 aromatic heterocycles. The van der Waals surface area contributed by atoms with Crippen LogP contribution in [0.5, 0.6) is 0 Å². The number of nitrogens with one attached hydrogen (secondary N) is 1. The van der Waals surface area contributed by atoms with Crippen LogP contribution in [0.3, 0.4) is 0 Å². The summed E-state index contributed by atoms with van der Waals surface area (Å²) in [4.78, 5) is 0. The zero-order valence-corrected chi connectivity index (χ0v) is 11.8. The molecule has 0 aromatic carbocycles. The van der Waals surface area contributed by atoms with Gasteiger partial charge in [-0.15, -0.1) is 0 Å². The minimum absolute atomic E-state index is 0.100. The molecule has 0 bridgehead atoms. The molecular weight excluding hydrogens is 210 g/mol. The molecule has 1 aliphatic heterocycles. The fourth-order valence-electron chi connectivity index (χ4n) is 3.87. The van der Waals surface area contributed by atoms with Gasteiger partial charge in [0.25, 0.3) is 0 Å². The van der Waals surface area contributed by atoms with Crippen molar-refractivity contribution in [3.63, 3.8) is 0 Å². The van der Waals surface area contributed by atoms with Gasteiger partial charge in [-0.1, -0.05) is 40.0 Å². The number of hydrogen-bond donors (Lipinski definition) is 1. The van der Waals surface area contributed by atoms with E-state index in [-0.39, 0.29) is 11.2 Å². The first-order valence-corrected chi connectivity index (χ1v) is 7.61. The van der Waals surface area contributed by atoms with Gasteiger partial charge < -0.3 is 10.1 Å². The first kappa shape index (κ1) is 13.4. The standard InChI is InChI=1S/C15H29NO/c1-4-13-9-7-8-10-15(13)12-16-11-14(5-2,6-3)17-15/h13,16H,4-12H2,1-3H3. The highest BCUT2D eigenvalue weighted by Gasteiger charge is 2.48. The van der Waals surface area contributed by atoms with Crippen LogP contribution in [0.15, 0.2) is 0 Å². The van der Waals surface area contributed by atoms with Crippen LogP contribution < -0.4 is 5.32 Å². The second kappa shape index (κ2) is 5.27. The third kappa shape index (κ3) is 2.39. The van der Waals surface area contributed by atoms with E-state index in [9.17, 15) is 0 Å². The lowest BCUT2D eigenvalue weighted by molar-refractivity contribution is -0.216. The molecule has 0 radical (unpaired) electrons. The molecule has 2 rings (SSSR count). The van der Waals surface area contributed by atoms with Crippen LogP contribution in [0.2, 0.25) is 0 Å². The molecule has 1 spiro atoms. The van der Waals surface area contributed by atoms with Crippen molar-refractivity contribution in [1.29, 1.82) is 0 Å². The molecule has 2 atom stereocenters. The molecule has 17 heavy (non-hydrogen) atoms. The van der Waals surface area contributed by atoms with Crippen molar-refractivity contribution >= 4 is 0 Å². The fourth-order valence-corrected chi connectivity index (χ4v) is 3.87. The SMILES string of the molecule is CCC1CCCCC12CNCC(CC)(CC)O2. The molecule has 1 aliphatic carbocycles. The smallest absolute Gasteiger partial charge is 0.0842 e. The second-order valence-electron chi connectivity index (χ2n) is 6.01. The van der Waals surface area contributed by atoms with Crippen LogP contribution in [0.25, 0.3) is 0 Å². The van der Waals surface area contributed by atoms with E-state index in [1.54, 1.807) is 0 Å². The van der Waals surface area contributed by atoms with Crippen LogP contribution in [0.1, 0.15) is 65.7 Å². The first-order valence-electron chi connectivity index (χ1n) is 7.61. The van der Waals surface area contributed by atoms with Crippen LogP contribution in [-0.2, 0) is 4.74 Å². The molecule has 2 nitrogen and oxygen atoms in total. The average molecular weight is 239 g/mol. The van der Waals surface area contributed by atoms with E-state index in [0.29, 0.717) is 0 Å². The number of morpholine rings is 1. The van der Waals surface area contributed by atoms with Gasteiger partial charge in [0.2, 0.25) is 0 Å². The Labute approximate surface area is 107 Å². The minimum Gasteiger partial charge on any atom is -0.366 e. The number of hydrogen-bond acceptors (Lipinski definition) is 2. The van der Waals surface area contributed by atoms with Gasteiger partial charge in [0.15, 0.2) is 0 Å². The maximum atomic E-state index is 6.74. The van der Waals surface area contributed by atoms with E-state index in [1.165, 1.54) is 32.1 Å². The summed E-state index contributed by atoms with van der Waals surface area (Å²) < 4.78 is 6.74. The Morgan fingerprint density at radius 1 is 1.12 bits per heavy atom. The normalized spacial score (nSPS) is 37.2. The van der Waals surface area contributed by atoms with Gasteiger partial charge in [0.05, 0.1) is 11.2 Å². The van der Waals surface area contributed by atoms with Crippen molar-refractivity contribution in [2.45, 2.75) is 76.9 Å². The van der Waals surface area contributed by atoms with E-state index in [1.807, 2.05) is 0 Å². The zero-order valence-electron chi connectivity index (χ0n) is 11.8. The lowest BCUT2D eigenvalue weighted by Crippen LogP contribution is -2.63. The van der Waals surface area contributed by atoms with E-state index >= 15 is 0 Å². The van der Waals surface area contributed by atoms with Gasteiger partial charge in [-0.25, -0.2) is 0 Å². The van der Waals surface area contributed by atoms with E-state index < -0.39 is 0 Å². The highest BCUT2D eigenvalue weighted by atomic mass is 16.5. The van der Waals surface area contributed by atoms with Crippen molar-refractivity contribution < 1.29 is 4.74 Å². The quantitative estimate of drug-likeness (QED) is 0.814. The van der Waals surface area contributed by atoms with Gasteiger partial charge in [0.1, 0.15) is 0 Å². The molecule has 1 saturated heterocycles. The summed E-state index contributed by atoms with van der Waals surface area (Å²) >= 11 is 0. The average Bonchev–Trinajstić information content (AvgIpc) is 2.39. The molecule has 2 fully saturated rings. The molecule has 2 heteroatoms. The largest absolute Gasteiger partial charge is 0.366 e. The van der Waals surface area contributed by atoms with Crippen LogP contribution in [0, 0.1) is 5.92 Å². The molecular formula is C15H29NO. The predicted octanol–water partition coefficient (Wildman–Crippen LogP) is 3.50. The van der Waals surface area contributed by atoms with Crippen molar-refractivity contribution in [2.75, 3.05) is 13.1 Å². The Hall–Kier alpha value is -0.0800. The Morgan fingerprint density at radius 3 is 2.53 bits per heavy atom. The lowest BCUT2D eigenvalue weighted by atomic mass is 9.72. The van der Waals surface area contributed by atoms with Gasteiger partial charge in [-0.05, 0) is 31.6 Å². The zero-order chi connectivity index (χ0) is 12.4. The van der Waals surface area contributed by atoms with E-state index in [4.69, 9.17) is 4.74 Å². The summed E-state index contributed by atoms with van der Waals surface area (Å²) in [5, 5.41) is 3.68. The Kier molecular flexibility index (Phi) is 4.14. The molecule has 0 amide bonds. The minimum atomic E-state index is 0.100. The van der Waals surface area contributed by atoms with Gasteiger partial charge in [-0.3, -0.25) is 0 Å². The van der Waals surface area contributed by atoms with Gasteiger partial charge >= 0.3 is 0 Å². The highest BCUT2D eigenvalue weighted by Crippen LogP contribution is 2.44. The topological polar surface area (TPSA) is 21.3 Å². The molecule has 100 valence electrons. The maximum Gasteiger partial charge on any atom is 0.0842 e. The highest BCUT2D eigenvalue weighted by molar-refractivity contribution is 5.00. The van der Waals surface area contributed by atoms with Crippen molar-refractivity contribution in [3.05, 3.63) is 0 Å². The van der Waals surface area contributed by atoms with Crippen LogP contribution in [0.4, 0.5) is 0 Å². The Bertz CT molecular complexity index is 245. The van der Waals surface area contributed by atoms with Crippen molar-refractivity contribution in [1.82, 2.24) is 5.32 Å². The lowest BCUT2D eigenvalue weighted by Gasteiger charge is -2.53. The van der Waals surface area contributed by atoms with Gasteiger partial charge in [-0.2, -0.15) is 0 Å². The molecule has 1 heterocycles. The summed E-state index contributed by atoms with van der Waals surface area (Å²) in [6, 6.07) is 0. The van der Waals surface area contributed by atoms with Crippen molar-refractivity contribution in [2.24, 2.45) is 5.92 Å². The number of rotatable bonds is 3. The molecule has 2 aliphatic rings. The van der Waals surface area contributed by atoms with E-state index in [2.05, 4.69) is 26.1 Å².